The van der Waals surface area contributed by atoms with Crippen LogP contribution in [0.1, 0.15) is 34.1 Å². The summed E-state index contributed by atoms with van der Waals surface area (Å²) in [5.74, 6) is -1.84. The third kappa shape index (κ3) is 3.58. The van der Waals surface area contributed by atoms with E-state index in [2.05, 4.69) is 11.9 Å². The lowest BCUT2D eigenvalue weighted by Gasteiger charge is -2.29. The van der Waals surface area contributed by atoms with Crippen molar-refractivity contribution in [2.24, 2.45) is 5.92 Å². The van der Waals surface area contributed by atoms with Crippen LogP contribution in [-0.4, -0.2) is 52.2 Å². The van der Waals surface area contributed by atoms with Gasteiger partial charge in [-0.15, -0.1) is 6.58 Å². The van der Waals surface area contributed by atoms with Gasteiger partial charge in [0.25, 0.3) is 0 Å². The predicted molar refractivity (Wildman–Crippen MR) is 80.3 cm³/mol. The van der Waals surface area contributed by atoms with Gasteiger partial charge in [-0.1, -0.05) is 6.08 Å². The van der Waals surface area contributed by atoms with Crippen LogP contribution >= 0.6 is 0 Å². The number of nitrogens with zero attached hydrogens (tertiary/aromatic N) is 1. The molecule has 2 amide bonds. The summed E-state index contributed by atoms with van der Waals surface area (Å²) < 4.78 is 5.08. The lowest BCUT2D eigenvalue weighted by molar-refractivity contribution is -0.152. The Balaban J connectivity index is 2.73. The van der Waals surface area contributed by atoms with Crippen LogP contribution in [-0.2, 0) is 14.3 Å². The van der Waals surface area contributed by atoms with Crippen LogP contribution in [0.15, 0.2) is 12.7 Å². The molecular weight excluding hydrogens is 288 g/mol. The zero-order valence-corrected chi connectivity index (χ0v) is 13.7. The molecule has 1 aliphatic rings. The van der Waals surface area contributed by atoms with Crippen LogP contribution < -0.4 is 5.32 Å². The van der Waals surface area contributed by atoms with Crippen molar-refractivity contribution >= 4 is 18.0 Å². The molecule has 0 bridgehead atoms. The fourth-order valence-electron chi connectivity index (χ4n) is 2.36. The second-order valence-corrected chi connectivity index (χ2v) is 6.54. The fraction of sp³-hybridized carbons (Fsp3) is 0.667. The summed E-state index contributed by atoms with van der Waals surface area (Å²) in [6.45, 7) is 10.2. The van der Waals surface area contributed by atoms with E-state index >= 15 is 0 Å². The van der Waals surface area contributed by atoms with Gasteiger partial charge in [0.1, 0.15) is 17.2 Å². The molecule has 0 unspecified atom stereocenters. The first-order valence-electron chi connectivity index (χ1n) is 7.09. The number of likely N-dealkylation sites (N-methyl/N-ethyl adjacent to an activating group) is 1. The maximum Gasteiger partial charge on any atom is 0.408 e. The van der Waals surface area contributed by atoms with Crippen LogP contribution in [0, 0.1) is 5.92 Å². The van der Waals surface area contributed by atoms with Crippen LogP contribution in [0.4, 0.5) is 4.79 Å². The molecule has 1 saturated carbocycles. The molecule has 1 fully saturated rings. The zero-order valence-electron chi connectivity index (χ0n) is 13.7. The molecule has 3 atom stereocenters. The number of carboxylic acid groups (broad SMARTS) is 1. The second-order valence-electron chi connectivity index (χ2n) is 6.54. The average Bonchev–Trinajstić information content (AvgIpc) is 3.10. The van der Waals surface area contributed by atoms with E-state index in [4.69, 9.17) is 4.74 Å². The first-order chi connectivity index (χ1) is 9.95. The molecule has 7 heteroatoms. The second kappa shape index (κ2) is 5.98. The minimum atomic E-state index is -1.26. The molecule has 1 rings (SSSR count). The van der Waals surface area contributed by atoms with Crippen molar-refractivity contribution in [1.29, 1.82) is 0 Å². The Kier molecular flexibility index (Phi) is 4.89. The summed E-state index contributed by atoms with van der Waals surface area (Å²) in [5, 5.41) is 11.8. The number of aliphatic carboxylic acids is 1. The Morgan fingerprint density at radius 3 is 2.36 bits per heavy atom. The first kappa shape index (κ1) is 18.0. The number of rotatable bonds is 5. The molecule has 0 aliphatic heterocycles. The van der Waals surface area contributed by atoms with E-state index in [0.717, 1.165) is 0 Å². The minimum Gasteiger partial charge on any atom is -0.479 e. The number of nitrogens with one attached hydrogen (secondary N) is 1. The average molecular weight is 312 g/mol. The maximum absolute atomic E-state index is 12.4. The lowest BCUT2D eigenvalue weighted by atomic mass is 10.1. The normalized spacial score (nSPS) is 24.9. The quantitative estimate of drug-likeness (QED) is 0.748. The highest BCUT2D eigenvalue weighted by molar-refractivity contribution is 5.93. The third-order valence-corrected chi connectivity index (χ3v) is 3.67. The summed E-state index contributed by atoms with van der Waals surface area (Å²) in [5.41, 5.74) is -1.94. The molecule has 22 heavy (non-hydrogen) atoms. The Bertz CT molecular complexity index is 497. The fourth-order valence-corrected chi connectivity index (χ4v) is 2.36. The van der Waals surface area contributed by atoms with Gasteiger partial charge in [0.2, 0.25) is 5.91 Å². The number of hydrogen-bond donors (Lipinski definition) is 2. The van der Waals surface area contributed by atoms with E-state index in [1.54, 1.807) is 20.8 Å². The Hall–Kier alpha value is -2.05. The van der Waals surface area contributed by atoms with Gasteiger partial charge < -0.3 is 20.1 Å². The van der Waals surface area contributed by atoms with Crippen LogP contribution in [0.3, 0.4) is 0 Å². The van der Waals surface area contributed by atoms with Gasteiger partial charge in [-0.05, 0) is 34.1 Å². The van der Waals surface area contributed by atoms with Crippen molar-refractivity contribution in [2.75, 3.05) is 7.05 Å². The molecule has 0 aromatic carbocycles. The number of carbonyl (C=O) groups is 3. The topological polar surface area (TPSA) is 95.9 Å². The molecule has 0 radical (unpaired) electrons. The lowest BCUT2D eigenvalue weighted by Crippen LogP contribution is -2.53. The Morgan fingerprint density at radius 1 is 1.45 bits per heavy atom. The summed E-state index contributed by atoms with van der Waals surface area (Å²) in [4.78, 5) is 36.7. The van der Waals surface area contributed by atoms with Gasteiger partial charge in [-0.3, -0.25) is 4.79 Å². The molecule has 2 N–H and O–H groups in total. The Labute approximate surface area is 130 Å². The molecule has 0 saturated heterocycles. The monoisotopic (exact) mass is 312 g/mol. The summed E-state index contributed by atoms with van der Waals surface area (Å²) >= 11 is 0. The highest BCUT2D eigenvalue weighted by atomic mass is 16.6. The highest BCUT2D eigenvalue weighted by Gasteiger charge is 2.63. The van der Waals surface area contributed by atoms with Crippen molar-refractivity contribution in [1.82, 2.24) is 10.2 Å². The van der Waals surface area contributed by atoms with E-state index in [0.29, 0.717) is 6.42 Å². The standard InChI is InChI=1S/C15H24N2O5/c1-7-10-8-15(10,12(19)20)17(6)11(18)9(2)16-13(21)22-14(3,4)5/h7,9-10H,1,8H2,2-6H3,(H,16,21)(H,19,20)/t9-,10-,15-/m0/s1. The van der Waals surface area contributed by atoms with E-state index in [1.807, 2.05) is 0 Å². The van der Waals surface area contributed by atoms with Gasteiger partial charge in [0.05, 0.1) is 0 Å². The molecule has 0 aromatic heterocycles. The SMILES string of the molecule is C=C[C@H]1C[C@]1(C(=O)O)N(C)C(=O)[C@H](C)NC(=O)OC(C)(C)C. The number of hydrogen-bond acceptors (Lipinski definition) is 4. The molecule has 1 aliphatic carbocycles. The first-order valence-corrected chi connectivity index (χ1v) is 7.09. The van der Waals surface area contributed by atoms with Gasteiger partial charge in [0.15, 0.2) is 0 Å². The number of ether oxygens (including phenoxy) is 1. The largest absolute Gasteiger partial charge is 0.479 e. The van der Waals surface area contributed by atoms with Crippen LogP contribution in [0.25, 0.3) is 0 Å². The number of alkyl carbamates (subject to hydrolysis) is 1. The summed E-state index contributed by atoms with van der Waals surface area (Å²) in [6, 6.07) is -0.887. The highest BCUT2D eigenvalue weighted by Crippen LogP contribution is 2.49. The van der Waals surface area contributed by atoms with E-state index < -0.39 is 35.2 Å². The third-order valence-electron chi connectivity index (χ3n) is 3.67. The van der Waals surface area contributed by atoms with E-state index in [-0.39, 0.29) is 5.92 Å². The van der Waals surface area contributed by atoms with Gasteiger partial charge in [-0.25, -0.2) is 9.59 Å². The van der Waals surface area contributed by atoms with Crippen molar-refractivity contribution in [2.45, 2.75) is 51.3 Å². The molecule has 0 aromatic rings. The minimum absolute atomic E-state index is 0.285. The van der Waals surface area contributed by atoms with Gasteiger partial charge >= 0.3 is 12.1 Å². The van der Waals surface area contributed by atoms with E-state index in [1.165, 1.54) is 24.9 Å². The molecule has 0 heterocycles. The van der Waals surface area contributed by atoms with Crippen LogP contribution in [0.2, 0.25) is 0 Å². The van der Waals surface area contributed by atoms with Crippen molar-refractivity contribution < 1.29 is 24.2 Å². The predicted octanol–water partition coefficient (Wildman–Crippen LogP) is 1.39. The number of carboxylic acids is 1. The van der Waals surface area contributed by atoms with Gasteiger partial charge in [0, 0.05) is 13.0 Å². The molecule has 124 valence electrons. The van der Waals surface area contributed by atoms with Crippen molar-refractivity contribution in [3.63, 3.8) is 0 Å². The smallest absolute Gasteiger partial charge is 0.408 e. The molecule has 7 nitrogen and oxygen atoms in total. The maximum atomic E-state index is 12.4. The summed E-state index contributed by atoms with van der Waals surface area (Å²) in [7, 11) is 1.42. The number of amides is 2. The van der Waals surface area contributed by atoms with Crippen molar-refractivity contribution in [3.8, 4) is 0 Å². The molecular formula is C15H24N2O5. The summed E-state index contributed by atoms with van der Waals surface area (Å²) in [6.07, 6.45) is 1.14. The number of carbonyl (C=O) groups excluding carboxylic acids is 2. The van der Waals surface area contributed by atoms with Crippen molar-refractivity contribution in [3.05, 3.63) is 12.7 Å². The zero-order chi connectivity index (χ0) is 17.3. The Morgan fingerprint density at radius 2 is 2.00 bits per heavy atom. The van der Waals surface area contributed by atoms with Crippen LogP contribution in [0.5, 0.6) is 0 Å². The molecule has 0 spiro atoms. The van der Waals surface area contributed by atoms with E-state index in [9.17, 15) is 19.5 Å². The van der Waals surface area contributed by atoms with Gasteiger partial charge in [-0.2, -0.15) is 0 Å².